The molecule has 0 aromatic carbocycles. The van der Waals surface area contributed by atoms with Gasteiger partial charge in [0.2, 0.25) is 5.91 Å². The fourth-order valence-electron chi connectivity index (χ4n) is 4.05. The molecule has 1 aliphatic rings. The molecule has 6 nitrogen and oxygen atoms in total. The van der Waals surface area contributed by atoms with Crippen LogP contribution in [-0.4, -0.2) is 38.6 Å². The van der Waals surface area contributed by atoms with Crippen molar-refractivity contribution >= 4 is 23.6 Å². The number of aromatic nitrogens is 2. The highest BCUT2D eigenvalue weighted by molar-refractivity contribution is 8.00. The van der Waals surface area contributed by atoms with Crippen LogP contribution in [0.5, 0.6) is 0 Å². The summed E-state index contributed by atoms with van der Waals surface area (Å²) in [6, 6.07) is 4.22. The van der Waals surface area contributed by atoms with E-state index < -0.39 is 5.91 Å². The van der Waals surface area contributed by atoms with Crippen molar-refractivity contribution in [3.63, 3.8) is 0 Å². The zero-order chi connectivity index (χ0) is 21.1. The summed E-state index contributed by atoms with van der Waals surface area (Å²) in [6.07, 6.45) is 6.28. The lowest BCUT2D eigenvalue weighted by Crippen LogP contribution is -2.36. The van der Waals surface area contributed by atoms with E-state index in [1.54, 1.807) is 0 Å². The number of thioether (sulfide) groups is 1. The lowest BCUT2D eigenvalue weighted by Gasteiger charge is -2.30. The van der Waals surface area contributed by atoms with Gasteiger partial charge in [-0.15, -0.1) is 0 Å². The first-order valence-corrected chi connectivity index (χ1v) is 11.1. The molecular formula is C22H30N4O2S. The normalized spacial score (nSPS) is 17.2. The Morgan fingerprint density at radius 1 is 1.21 bits per heavy atom. The average Bonchev–Trinajstić information content (AvgIpc) is 2.95. The van der Waals surface area contributed by atoms with Crippen LogP contribution in [-0.2, 0) is 11.8 Å². The van der Waals surface area contributed by atoms with Crippen LogP contribution in [0.15, 0.2) is 23.4 Å². The first-order valence-electron chi connectivity index (χ1n) is 10.1. The van der Waals surface area contributed by atoms with Crippen LogP contribution >= 0.6 is 11.8 Å². The quantitative estimate of drug-likeness (QED) is 0.757. The van der Waals surface area contributed by atoms with Crippen LogP contribution < -0.4 is 5.73 Å². The molecule has 1 fully saturated rings. The number of hydrogen-bond acceptors (Lipinski definition) is 4. The van der Waals surface area contributed by atoms with Crippen LogP contribution in [0.2, 0.25) is 0 Å². The monoisotopic (exact) mass is 414 g/mol. The van der Waals surface area contributed by atoms with E-state index in [9.17, 15) is 9.59 Å². The van der Waals surface area contributed by atoms with Gasteiger partial charge < -0.3 is 15.2 Å². The molecule has 3 rings (SSSR count). The van der Waals surface area contributed by atoms with Crippen molar-refractivity contribution in [1.82, 2.24) is 14.5 Å². The van der Waals surface area contributed by atoms with E-state index in [2.05, 4.69) is 15.6 Å². The maximum atomic E-state index is 13.2. The Morgan fingerprint density at radius 2 is 1.97 bits per heavy atom. The number of amides is 2. The van der Waals surface area contributed by atoms with Crippen molar-refractivity contribution in [2.24, 2.45) is 12.8 Å². The fraction of sp³-hybridized carbons (Fsp3) is 0.500. The van der Waals surface area contributed by atoms with Crippen molar-refractivity contribution in [3.05, 3.63) is 46.4 Å². The molecular weight excluding hydrogens is 384 g/mol. The summed E-state index contributed by atoms with van der Waals surface area (Å²) in [7, 11) is 2.03. The van der Waals surface area contributed by atoms with Gasteiger partial charge in [-0.05, 0) is 56.9 Å². The number of hydrogen-bond donors (Lipinski definition) is 1. The summed E-state index contributed by atoms with van der Waals surface area (Å²) in [5.41, 5.74) is 9.89. The predicted molar refractivity (Wildman–Crippen MR) is 116 cm³/mol. The van der Waals surface area contributed by atoms with Gasteiger partial charge in [-0.1, -0.05) is 24.6 Å². The van der Waals surface area contributed by atoms with Crippen LogP contribution in [0, 0.1) is 20.8 Å². The van der Waals surface area contributed by atoms with Gasteiger partial charge in [-0.2, -0.15) is 0 Å². The fourth-order valence-corrected chi connectivity index (χ4v) is 5.08. The van der Waals surface area contributed by atoms with E-state index in [4.69, 9.17) is 5.73 Å². The zero-order valence-electron chi connectivity index (χ0n) is 17.7. The molecule has 156 valence electrons. The van der Waals surface area contributed by atoms with Gasteiger partial charge in [0.05, 0.1) is 17.4 Å². The van der Waals surface area contributed by atoms with Crippen molar-refractivity contribution < 1.29 is 9.59 Å². The molecule has 1 unspecified atom stereocenters. The minimum absolute atomic E-state index is 0.0798. The Balaban J connectivity index is 1.82. The van der Waals surface area contributed by atoms with Gasteiger partial charge in [0.25, 0.3) is 5.91 Å². The topological polar surface area (TPSA) is 81.2 Å². The van der Waals surface area contributed by atoms with Gasteiger partial charge in [0.15, 0.2) is 0 Å². The number of carbonyl (C=O) groups is 2. The molecule has 2 amide bonds. The number of aryl methyl sites for hydroxylation is 2. The van der Waals surface area contributed by atoms with Crippen LogP contribution in [0.25, 0.3) is 0 Å². The summed E-state index contributed by atoms with van der Waals surface area (Å²) >= 11 is 1.31. The number of nitrogens with two attached hydrogens (primary N) is 1. The molecule has 29 heavy (non-hydrogen) atoms. The predicted octanol–water partition coefficient (Wildman–Crippen LogP) is 3.68. The molecule has 0 spiro atoms. The van der Waals surface area contributed by atoms with E-state index >= 15 is 0 Å². The zero-order valence-corrected chi connectivity index (χ0v) is 18.5. The van der Waals surface area contributed by atoms with Gasteiger partial charge in [-0.3, -0.25) is 9.59 Å². The van der Waals surface area contributed by atoms with Gasteiger partial charge in [0.1, 0.15) is 5.03 Å². The van der Waals surface area contributed by atoms with E-state index in [1.807, 2.05) is 45.0 Å². The molecule has 7 heteroatoms. The second kappa shape index (κ2) is 9.03. The third kappa shape index (κ3) is 4.50. The summed E-state index contributed by atoms with van der Waals surface area (Å²) in [5.74, 6) is -0.170. The minimum atomic E-state index is -0.496. The summed E-state index contributed by atoms with van der Waals surface area (Å²) in [6.45, 7) is 6.50. The first kappa shape index (κ1) is 21.4. The maximum Gasteiger partial charge on any atom is 0.251 e. The van der Waals surface area contributed by atoms with Crippen LogP contribution in [0.1, 0.15) is 64.6 Å². The van der Waals surface area contributed by atoms with E-state index in [0.717, 1.165) is 49.0 Å². The Hall–Kier alpha value is -2.28. The molecule has 2 aromatic rings. The molecule has 1 aliphatic heterocycles. The Morgan fingerprint density at radius 3 is 2.62 bits per heavy atom. The highest BCUT2D eigenvalue weighted by atomic mass is 32.2. The van der Waals surface area contributed by atoms with Crippen molar-refractivity contribution in [1.29, 1.82) is 0 Å². The standard InChI is InChI=1S/C22H30N4O2S/c1-14-15(2)20(21(23)28)22(24-16(14)3)29-13-19(27)26-12-7-5-6-9-18(26)17-10-8-11-25(17)4/h8,10-11,18H,5-7,9,12-13H2,1-4H3,(H2,23,28). The molecule has 1 saturated heterocycles. The molecule has 2 aromatic heterocycles. The van der Waals surface area contributed by atoms with Crippen LogP contribution in [0.4, 0.5) is 0 Å². The Labute approximate surface area is 176 Å². The Bertz CT molecular complexity index is 922. The highest BCUT2D eigenvalue weighted by Gasteiger charge is 2.28. The smallest absolute Gasteiger partial charge is 0.251 e. The highest BCUT2D eigenvalue weighted by Crippen LogP contribution is 2.32. The van der Waals surface area contributed by atoms with Gasteiger partial charge >= 0.3 is 0 Å². The maximum absolute atomic E-state index is 13.2. The summed E-state index contributed by atoms with van der Waals surface area (Å²) < 4.78 is 2.10. The average molecular weight is 415 g/mol. The number of primary amides is 1. The third-order valence-electron chi connectivity index (χ3n) is 5.94. The first-order chi connectivity index (χ1) is 13.8. The minimum Gasteiger partial charge on any atom is -0.366 e. The van der Waals surface area contributed by atoms with E-state index in [1.165, 1.54) is 17.5 Å². The SMILES string of the molecule is Cc1nc(SCC(=O)N2CCCCCC2c2cccn2C)c(C(N)=O)c(C)c1C. The van der Waals surface area contributed by atoms with Crippen LogP contribution in [0.3, 0.4) is 0 Å². The Kier molecular flexibility index (Phi) is 6.67. The van der Waals surface area contributed by atoms with Crippen molar-refractivity contribution in [3.8, 4) is 0 Å². The molecule has 1 atom stereocenters. The summed E-state index contributed by atoms with van der Waals surface area (Å²) in [5, 5.41) is 0.552. The molecule has 0 bridgehead atoms. The largest absolute Gasteiger partial charge is 0.366 e. The second-order valence-electron chi connectivity index (χ2n) is 7.78. The van der Waals surface area contributed by atoms with Crippen molar-refractivity contribution in [2.75, 3.05) is 12.3 Å². The molecule has 3 heterocycles. The number of likely N-dealkylation sites (tertiary alicyclic amines) is 1. The van der Waals surface area contributed by atoms with Gasteiger partial charge in [-0.25, -0.2) is 4.98 Å². The molecule has 0 saturated carbocycles. The summed E-state index contributed by atoms with van der Waals surface area (Å²) in [4.78, 5) is 31.8. The molecule has 0 radical (unpaired) electrons. The number of pyridine rings is 1. The second-order valence-corrected chi connectivity index (χ2v) is 8.74. The van der Waals surface area contributed by atoms with E-state index in [-0.39, 0.29) is 17.7 Å². The number of nitrogens with zero attached hydrogens (tertiary/aromatic N) is 3. The van der Waals surface area contributed by atoms with E-state index in [0.29, 0.717) is 10.6 Å². The third-order valence-corrected chi connectivity index (χ3v) is 6.90. The molecule has 2 N–H and O–H groups in total. The number of rotatable bonds is 5. The van der Waals surface area contributed by atoms with Crippen molar-refractivity contribution in [2.45, 2.75) is 57.5 Å². The lowest BCUT2D eigenvalue weighted by atomic mass is 10.0. The lowest BCUT2D eigenvalue weighted by molar-refractivity contribution is -0.130. The number of carbonyl (C=O) groups excluding carboxylic acids is 2. The molecule has 0 aliphatic carbocycles. The van der Waals surface area contributed by atoms with Gasteiger partial charge in [0, 0.05) is 31.2 Å².